The zero-order valence-corrected chi connectivity index (χ0v) is 11.3. The van der Waals surface area contributed by atoms with E-state index in [9.17, 15) is 10.2 Å². The van der Waals surface area contributed by atoms with Gasteiger partial charge in [0.2, 0.25) is 0 Å². The fourth-order valence-corrected chi connectivity index (χ4v) is 2.23. The molecule has 0 amide bonds. The number of benzene rings is 3. The van der Waals surface area contributed by atoms with Crippen LogP contribution in [0.4, 0.5) is 11.4 Å². The number of phenols is 2. The van der Waals surface area contributed by atoms with Gasteiger partial charge < -0.3 is 15.5 Å². The van der Waals surface area contributed by atoms with Gasteiger partial charge in [-0.2, -0.15) is 0 Å². The van der Waals surface area contributed by atoms with Gasteiger partial charge in [-0.05, 0) is 42.0 Å². The Bertz CT molecular complexity index is 717. The second-order valence-corrected chi connectivity index (χ2v) is 4.74. The highest BCUT2D eigenvalue weighted by Crippen LogP contribution is 2.37. The Kier molecular flexibility index (Phi) is 3.48. The molecule has 3 N–H and O–H groups in total. The van der Waals surface area contributed by atoms with Crippen molar-refractivity contribution < 1.29 is 10.2 Å². The van der Waals surface area contributed by atoms with Gasteiger partial charge in [-0.3, -0.25) is 0 Å². The van der Waals surface area contributed by atoms with Crippen LogP contribution in [-0.4, -0.2) is 10.2 Å². The van der Waals surface area contributed by atoms with E-state index >= 15 is 0 Å². The lowest BCUT2D eigenvalue weighted by Gasteiger charge is -2.10. The van der Waals surface area contributed by atoms with Crippen molar-refractivity contribution in [1.82, 2.24) is 0 Å². The molecule has 0 aliphatic heterocycles. The molecule has 0 bridgehead atoms. The normalized spacial score (nSPS) is 10.3. The number of aromatic hydroxyl groups is 2. The molecule has 21 heavy (non-hydrogen) atoms. The van der Waals surface area contributed by atoms with Gasteiger partial charge in [0.15, 0.2) is 0 Å². The Hall–Kier alpha value is -2.94. The summed E-state index contributed by atoms with van der Waals surface area (Å²) >= 11 is 0. The Morgan fingerprint density at radius 1 is 0.571 bits per heavy atom. The Morgan fingerprint density at radius 2 is 1.14 bits per heavy atom. The molecule has 104 valence electrons. The Labute approximate surface area is 123 Å². The first-order valence-electron chi connectivity index (χ1n) is 6.67. The van der Waals surface area contributed by atoms with E-state index in [0.717, 1.165) is 16.9 Å². The van der Waals surface area contributed by atoms with Crippen LogP contribution in [0.1, 0.15) is 0 Å². The second kappa shape index (κ2) is 5.59. The maximum Gasteiger partial charge on any atom is 0.127 e. The van der Waals surface area contributed by atoms with Crippen LogP contribution >= 0.6 is 0 Å². The third-order valence-electron chi connectivity index (χ3n) is 3.26. The molecule has 0 aromatic heterocycles. The molecule has 0 spiro atoms. The number of rotatable bonds is 3. The van der Waals surface area contributed by atoms with Gasteiger partial charge in [-0.25, -0.2) is 0 Å². The van der Waals surface area contributed by atoms with Crippen LogP contribution in [0.2, 0.25) is 0 Å². The van der Waals surface area contributed by atoms with Crippen LogP contribution in [-0.2, 0) is 0 Å². The van der Waals surface area contributed by atoms with Crippen LogP contribution in [0.25, 0.3) is 11.1 Å². The van der Waals surface area contributed by atoms with Crippen molar-refractivity contribution in [3.05, 3.63) is 72.8 Å². The standard InChI is InChI=1S/C18H15NO2/c20-16-7-4-8-17(21)18(16)13-9-11-15(12-10-13)19-14-5-2-1-3-6-14/h1-12,19-21H. The molecule has 0 heterocycles. The van der Waals surface area contributed by atoms with E-state index in [2.05, 4.69) is 5.32 Å². The van der Waals surface area contributed by atoms with Gasteiger partial charge in [0, 0.05) is 11.4 Å². The number of hydrogen-bond donors (Lipinski definition) is 3. The minimum Gasteiger partial charge on any atom is -0.507 e. The van der Waals surface area contributed by atoms with Crippen LogP contribution in [0, 0.1) is 0 Å². The van der Waals surface area contributed by atoms with Crippen molar-refractivity contribution in [3.63, 3.8) is 0 Å². The van der Waals surface area contributed by atoms with Crippen molar-refractivity contribution >= 4 is 11.4 Å². The van der Waals surface area contributed by atoms with E-state index in [0.29, 0.717) is 5.56 Å². The van der Waals surface area contributed by atoms with Gasteiger partial charge in [-0.1, -0.05) is 36.4 Å². The molecule has 0 aliphatic carbocycles. The largest absolute Gasteiger partial charge is 0.507 e. The van der Waals surface area contributed by atoms with Gasteiger partial charge in [-0.15, -0.1) is 0 Å². The predicted octanol–water partition coefficient (Wildman–Crippen LogP) is 4.51. The summed E-state index contributed by atoms with van der Waals surface area (Å²) in [6, 6.07) is 22.2. The number of anilines is 2. The molecular weight excluding hydrogens is 262 g/mol. The summed E-state index contributed by atoms with van der Waals surface area (Å²) in [5, 5.41) is 23.0. The average molecular weight is 277 g/mol. The van der Waals surface area contributed by atoms with Crippen LogP contribution in [0.3, 0.4) is 0 Å². The van der Waals surface area contributed by atoms with E-state index in [4.69, 9.17) is 0 Å². The first-order chi connectivity index (χ1) is 10.2. The van der Waals surface area contributed by atoms with E-state index in [1.807, 2.05) is 54.6 Å². The molecule has 0 saturated carbocycles. The number of nitrogens with one attached hydrogen (secondary N) is 1. The predicted molar refractivity (Wildman–Crippen MR) is 84.9 cm³/mol. The SMILES string of the molecule is Oc1cccc(O)c1-c1ccc(Nc2ccccc2)cc1. The lowest BCUT2D eigenvalue weighted by atomic mass is 10.0. The third-order valence-corrected chi connectivity index (χ3v) is 3.26. The molecule has 0 unspecified atom stereocenters. The van der Waals surface area contributed by atoms with Crippen molar-refractivity contribution in [2.24, 2.45) is 0 Å². The summed E-state index contributed by atoms with van der Waals surface area (Å²) in [4.78, 5) is 0. The highest BCUT2D eigenvalue weighted by atomic mass is 16.3. The minimum absolute atomic E-state index is 0.0683. The molecule has 0 radical (unpaired) electrons. The summed E-state index contributed by atoms with van der Waals surface area (Å²) < 4.78 is 0. The number of hydrogen-bond acceptors (Lipinski definition) is 3. The van der Waals surface area contributed by atoms with Crippen LogP contribution in [0.5, 0.6) is 11.5 Å². The lowest BCUT2D eigenvalue weighted by Crippen LogP contribution is -1.89. The molecule has 0 atom stereocenters. The van der Waals surface area contributed by atoms with Gasteiger partial charge >= 0.3 is 0 Å². The van der Waals surface area contributed by atoms with Crippen molar-refractivity contribution in [3.8, 4) is 22.6 Å². The zero-order valence-electron chi connectivity index (χ0n) is 11.3. The monoisotopic (exact) mass is 277 g/mol. The average Bonchev–Trinajstić information content (AvgIpc) is 2.50. The van der Waals surface area contributed by atoms with Crippen LogP contribution < -0.4 is 5.32 Å². The molecule has 3 aromatic rings. The molecule has 3 rings (SSSR count). The second-order valence-electron chi connectivity index (χ2n) is 4.74. The highest BCUT2D eigenvalue weighted by Gasteiger charge is 2.09. The van der Waals surface area contributed by atoms with Gasteiger partial charge in [0.05, 0.1) is 5.56 Å². The minimum atomic E-state index is 0.0683. The fourth-order valence-electron chi connectivity index (χ4n) is 2.23. The molecular formula is C18H15NO2. The lowest BCUT2D eigenvalue weighted by molar-refractivity contribution is 0.454. The zero-order chi connectivity index (χ0) is 14.7. The topological polar surface area (TPSA) is 52.5 Å². The van der Waals surface area contributed by atoms with Crippen molar-refractivity contribution in [1.29, 1.82) is 0 Å². The number of phenolic OH excluding ortho intramolecular Hbond substituents is 2. The summed E-state index contributed by atoms with van der Waals surface area (Å²) in [7, 11) is 0. The Morgan fingerprint density at radius 3 is 1.76 bits per heavy atom. The summed E-state index contributed by atoms with van der Waals surface area (Å²) in [6.07, 6.45) is 0. The summed E-state index contributed by atoms with van der Waals surface area (Å²) in [6.45, 7) is 0. The molecule has 3 nitrogen and oxygen atoms in total. The van der Waals surface area contributed by atoms with E-state index in [1.54, 1.807) is 18.2 Å². The maximum absolute atomic E-state index is 9.87. The van der Waals surface area contributed by atoms with Gasteiger partial charge in [0.1, 0.15) is 11.5 Å². The van der Waals surface area contributed by atoms with Crippen LogP contribution in [0.15, 0.2) is 72.8 Å². The van der Waals surface area contributed by atoms with Crippen molar-refractivity contribution in [2.45, 2.75) is 0 Å². The third kappa shape index (κ3) is 2.82. The quantitative estimate of drug-likeness (QED) is 0.660. The maximum atomic E-state index is 9.87. The Balaban J connectivity index is 1.88. The summed E-state index contributed by atoms with van der Waals surface area (Å²) in [5.74, 6) is 0.137. The smallest absolute Gasteiger partial charge is 0.127 e. The molecule has 0 aliphatic rings. The summed E-state index contributed by atoms with van der Waals surface area (Å²) in [5.41, 5.74) is 3.17. The fraction of sp³-hybridized carbons (Fsp3) is 0. The van der Waals surface area contributed by atoms with Crippen molar-refractivity contribution in [2.75, 3.05) is 5.32 Å². The first-order valence-corrected chi connectivity index (χ1v) is 6.67. The van der Waals surface area contributed by atoms with E-state index in [1.165, 1.54) is 0 Å². The van der Waals surface area contributed by atoms with Gasteiger partial charge in [0.25, 0.3) is 0 Å². The van der Waals surface area contributed by atoms with E-state index < -0.39 is 0 Å². The van der Waals surface area contributed by atoms with E-state index in [-0.39, 0.29) is 11.5 Å². The molecule has 3 aromatic carbocycles. The molecule has 3 heteroatoms. The number of para-hydroxylation sites is 1. The highest BCUT2D eigenvalue weighted by molar-refractivity contribution is 5.77. The molecule has 0 saturated heterocycles. The first kappa shape index (κ1) is 13.1. The molecule has 0 fully saturated rings.